The van der Waals surface area contributed by atoms with E-state index in [1.807, 2.05) is 18.2 Å². The molecule has 3 aromatic rings. The predicted molar refractivity (Wildman–Crippen MR) is 79.9 cm³/mol. The average Bonchev–Trinajstić information content (AvgIpc) is 2.94. The van der Waals surface area contributed by atoms with Gasteiger partial charge in [0.25, 0.3) is 5.56 Å². The molecule has 0 saturated heterocycles. The first-order valence-electron chi connectivity index (χ1n) is 6.81. The molecule has 1 aliphatic heterocycles. The summed E-state index contributed by atoms with van der Waals surface area (Å²) in [7, 11) is 0. The van der Waals surface area contributed by atoms with Crippen molar-refractivity contribution in [3.63, 3.8) is 0 Å². The lowest BCUT2D eigenvalue weighted by Gasteiger charge is -2.18. The fourth-order valence-corrected chi connectivity index (χ4v) is 3.14. The largest absolute Gasteiger partial charge is 0.486 e. The van der Waals surface area contributed by atoms with Gasteiger partial charge in [-0.15, -0.1) is 10.2 Å². The normalized spacial score (nSPS) is 13.5. The molecule has 0 saturated carbocycles. The van der Waals surface area contributed by atoms with Crippen LogP contribution in [-0.2, 0) is 6.42 Å². The van der Waals surface area contributed by atoms with Gasteiger partial charge in [-0.2, -0.15) is 9.61 Å². The summed E-state index contributed by atoms with van der Waals surface area (Å²) >= 11 is 1.36. The number of aromatic nitrogens is 4. The van der Waals surface area contributed by atoms with Gasteiger partial charge >= 0.3 is 0 Å². The van der Waals surface area contributed by atoms with Crippen molar-refractivity contribution in [3.05, 3.63) is 44.8 Å². The first kappa shape index (κ1) is 13.2. The van der Waals surface area contributed by atoms with Gasteiger partial charge in [0, 0.05) is 6.42 Å². The zero-order valence-corrected chi connectivity index (χ0v) is 12.6. The SMILES string of the molecule is Cc1nnc2sc(Cc3ccc4c(c3)OCCO4)nn2c1=O. The van der Waals surface area contributed by atoms with Gasteiger partial charge in [-0.25, -0.2) is 0 Å². The summed E-state index contributed by atoms with van der Waals surface area (Å²) in [4.78, 5) is 12.5. The van der Waals surface area contributed by atoms with E-state index in [-0.39, 0.29) is 5.56 Å². The van der Waals surface area contributed by atoms with E-state index < -0.39 is 0 Å². The van der Waals surface area contributed by atoms with Crippen molar-refractivity contribution in [2.45, 2.75) is 13.3 Å². The van der Waals surface area contributed by atoms with Crippen LogP contribution in [0.25, 0.3) is 4.96 Å². The van der Waals surface area contributed by atoms with E-state index in [2.05, 4.69) is 15.3 Å². The molecule has 0 bridgehead atoms. The highest BCUT2D eigenvalue weighted by atomic mass is 32.1. The highest BCUT2D eigenvalue weighted by Crippen LogP contribution is 2.31. The van der Waals surface area contributed by atoms with Crippen LogP contribution in [-0.4, -0.2) is 33.0 Å². The van der Waals surface area contributed by atoms with Crippen molar-refractivity contribution in [1.82, 2.24) is 19.8 Å². The number of fused-ring (bicyclic) bond motifs is 2. The van der Waals surface area contributed by atoms with E-state index >= 15 is 0 Å². The molecule has 22 heavy (non-hydrogen) atoms. The Morgan fingerprint density at radius 3 is 2.91 bits per heavy atom. The standard InChI is InChI=1S/C14H12N4O3S/c1-8-13(19)18-14(16-15-8)22-12(17-18)7-9-2-3-10-11(6-9)21-5-4-20-10/h2-3,6H,4-5,7H2,1H3. The lowest BCUT2D eigenvalue weighted by atomic mass is 10.1. The Morgan fingerprint density at radius 1 is 1.23 bits per heavy atom. The van der Waals surface area contributed by atoms with Crippen molar-refractivity contribution in [2.24, 2.45) is 0 Å². The summed E-state index contributed by atoms with van der Waals surface area (Å²) in [5, 5.41) is 13.0. The minimum absolute atomic E-state index is 0.227. The third-order valence-electron chi connectivity index (χ3n) is 3.35. The molecule has 3 heterocycles. The molecule has 8 heteroatoms. The molecule has 0 N–H and O–H groups in total. The monoisotopic (exact) mass is 316 g/mol. The Labute approximate surface area is 129 Å². The zero-order valence-electron chi connectivity index (χ0n) is 11.8. The molecule has 112 valence electrons. The van der Waals surface area contributed by atoms with Crippen LogP contribution in [0.5, 0.6) is 11.5 Å². The van der Waals surface area contributed by atoms with Crippen LogP contribution >= 0.6 is 11.3 Å². The maximum absolute atomic E-state index is 12.0. The fraction of sp³-hybridized carbons (Fsp3) is 0.286. The molecule has 1 aliphatic rings. The van der Waals surface area contributed by atoms with E-state index in [1.54, 1.807) is 6.92 Å². The van der Waals surface area contributed by atoms with Crippen LogP contribution in [0, 0.1) is 6.92 Å². The van der Waals surface area contributed by atoms with Crippen molar-refractivity contribution in [1.29, 1.82) is 0 Å². The Bertz CT molecular complexity index is 918. The van der Waals surface area contributed by atoms with Crippen LogP contribution in [0.3, 0.4) is 0 Å². The summed E-state index contributed by atoms with van der Waals surface area (Å²) in [5.74, 6) is 1.51. The number of ether oxygens (including phenoxy) is 2. The van der Waals surface area contributed by atoms with Gasteiger partial charge in [0.1, 0.15) is 23.9 Å². The van der Waals surface area contributed by atoms with Gasteiger partial charge in [-0.3, -0.25) is 4.79 Å². The van der Waals surface area contributed by atoms with E-state index in [0.717, 1.165) is 22.1 Å². The topological polar surface area (TPSA) is 78.6 Å². The molecule has 7 nitrogen and oxygen atoms in total. The van der Waals surface area contributed by atoms with Gasteiger partial charge < -0.3 is 9.47 Å². The van der Waals surface area contributed by atoms with Crippen molar-refractivity contribution >= 4 is 16.3 Å². The van der Waals surface area contributed by atoms with Gasteiger partial charge in [0.15, 0.2) is 11.5 Å². The maximum Gasteiger partial charge on any atom is 0.296 e. The van der Waals surface area contributed by atoms with E-state index in [0.29, 0.717) is 30.3 Å². The van der Waals surface area contributed by atoms with Crippen LogP contribution in [0.4, 0.5) is 0 Å². The second-order valence-corrected chi connectivity index (χ2v) is 5.98. The molecule has 0 fully saturated rings. The van der Waals surface area contributed by atoms with Crippen LogP contribution in [0.1, 0.15) is 16.3 Å². The number of hydrogen-bond donors (Lipinski definition) is 0. The molecule has 0 unspecified atom stereocenters. The highest BCUT2D eigenvalue weighted by Gasteiger charge is 2.14. The summed E-state index contributed by atoms with van der Waals surface area (Å²) in [6.07, 6.45) is 0.600. The fourth-order valence-electron chi connectivity index (χ4n) is 2.28. The van der Waals surface area contributed by atoms with Crippen LogP contribution < -0.4 is 15.0 Å². The molecule has 2 aromatic heterocycles. The van der Waals surface area contributed by atoms with Crippen LogP contribution in [0.15, 0.2) is 23.0 Å². The molecule has 0 amide bonds. The quantitative estimate of drug-likeness (QED) is 0.707. The van der Waals surface area contributed by atoms with Crippen molar-refractivity contribution < 1.29 is 9.47 Å². The Hall–Kier alpha value is -2.48. The maximum atomic E-state index is 12.0. The van der Waals surface area contributed by atoms with E-state index in [1.165, 1.54) is 15.9 Å². The minimum Gasteiger partial charge on any atom is -0.486 e. The molecular weight excluding hydrogens is 304 g/mol. The van der Waals surface area contributed by atoms with Gasteiger partial charge in [-0.05, 0) is 24.6 Å². The number of rotatable bonds is 2. The summed E-state index contributed by atoms with van der Waals surface area (Å²) in [6.45, 7) is 2.76. The zero-order chi connectivity index (χ0) is 15.1. The number of benzene rings is 1. The molecule has 1 aromatic carbocycles. The average molecular weight is 316 g/mol. The lowest BCUT2D eigenvalue weighted by molar-refractivity contribution is 0.171. The molecule has 0 aliphatic carbocycles. The Morgan fingerprint density at radius 2 is 2.05 bits per heavy atom. The van der Waals surface area contributed by atoms with Gasteiger partial charge in [-0.1, -0.05) is 17.4 Å². The third kappa shape index (κ3) is 2.21. The summed E-state index contributed by atoms with van der Waals surface area (Å²) < 4.78 is 12.4. The van der Waals surface area contributed by atoms with Gasteiger partial charge in [0.2, 0.25) is 4.96 Å². The second-order valence-electron chi connectivity index (χ2n) is 4.94. The molecule has 4 rings (SSSR count). The highest BCUT2D eigenvalue weighted by molar-refractivity contribution is 7.16. The Kier molecular flexibility index (Phi) is 3.04. The van der Waals surface area contributed by atoms with Crippen molar-refractivity contribution in [3.8, 4) is 11.5 Å². The predicted octanol–water partition coefficient (Wildman–Crippen LogP) is 1.22. The number of nitrogens with zero attached hydrogens (tertiary/aromatic N) is 4. The van der Waals surface area contributed by atoms with Crippen LogP contribution in [0.2, 0.25) is 0 Å². The molecule has 0 spiro atoms. The molecule has 0 radical (unpaired) electrons. The first-order valence-corrected chi connectivity index (χ1v) is 7.63. The summed E-state index contributed by atoms with van der Waals surface area (Å²) in [6, 6.07) is 5.81. The van der Waals surface area contributed by atoms with Crippen molar-refractivity contribution in [2.75, 3.05) is 13.2 Å². The second kappa shape index (κ2) is 5.06. The van der Waals surface area contributed by atoms with Gasteiger partial charge in [0.05, 0.1) is 0 Å². The smallest absolute Gasteiger partial charge is 0.296 e. The molecule has 0 atom stereocenters. The third-order valence-corrected chi connectivity index (χ3v) is 4.25. The lowest BCUT2D eigenvalue weighted by Crippen LogP contribution is -2.19. The number of hydrogen-bond acceptors (Lipinski definition) is 7. The van der Waals surface area contributed by atoms with E-state index in [4.69, 9.17) is 9.47 Å². The first-order chi connectivity index (χ1) is 10.7. The minimum atomic E-state index is -0.227. The Balaban J connectivity index is 1.69. The van der Waals surface area contributed by atoms with E-state index in [9.17, 15) is 4.79 Å². The molecular formula is C14H12N4O3S. The number of aryl methyl sites for hydroxylation is 1. The summed E-state index contributed by atoms with van der Waals surface area (Å²) in [5.41, 5.74) is 1.16.